The first-order chi connectivity index (χ1) is 12.1. The van der Waals surface area contributed by atoms with Crippen LogP contribution >= 0.6 is 0 Å². The Hall–Kier alpha value is -2.76. The third kappa shape index (κ3) is 3.24. The van der Waals surface area contributed by atoms with E-state index in [4.69, 9.17) is 28.4 Å². The maximum absolute atomic E-state index is 5.63. The van der Waals surface area contributed by atoms with Gasteiger partial charge in [-0.3, -0.25) is 0 Å². The van der Waals surface area contributed by atoms with Gasteiger partial charge in [0.05, 0.1) is 42.7 Å². The molecule has 0 saturated heterocycles. The Bertz CT molecular complexity index is 729. The van der Waals surface area contributed by atoms with Crippen molar-refractivity contribution in [2.24, 2.45) is 0 Å². The largest absolute Gasteiger partial charge is 0.493 e. The molecule has 0 bridgehead atoms. The molecule has 0 heterocycles. The molecule has 0 radical (unpaired) electrons. The number of ether oxygens (including phenoxy) is 6. The first-order valence-electron chi connectivity index (χ1n) is 7.66. The van der Waals surface area contributed by atoms with Crippen molar-refractivity contribution in [3.63, 3.8) is 0 Å². The molecule has 0 spiro atoms. The lowest BCUT2D eigenvalue weighted by Crippen LogP contribution is -2.00. The third-order valence-electron chi connectivity index (χ3n) is 3.98. The minimum Gasteiger partial charge on any atom is -0.493 e. The smallest absolute Gasteiger partial charge is 0.203 e. The first-order valence-corrected chi connectivity index (χ1v) is 7.66. The van der Waals surface area contributed by atoms with Crippen LogP contribution in [0.5, 0.6) is 34.5 Å². The van der Waals surface area contributed by atoms with E-state index in [-0.39, 0.29) is 0 Å². The zero-order valence-electron chi connectivity index (χ0n) is 15.7. The lowest BCUT2D eigenvalue weighted by Gasteiger charge is -2.20. The van der Waals surface area contributed by atoms with Gasteiger partial charge in [0.25, 0.3) is 0 Å². The van der Waals surface area contributed by atoms with E-state index >= 15 is 0 Å². The lowest BCUT2D eigenvalue weighted by atomic mass is 9.97. The Morgan fingerprint density at radius 2 is 0.960 bits per heavy atom. The SMILES string of the molecule is COc1cc(-c2c(C)cc(OC)c(OC)c2OC)cc(OC)c1OC. The topological polar surface area (TPSA) is 55.4 Å². The van der Waals surface area contributed by atoms with Crippen molar-refractivity contribution in [2.75, 3.05) is 42.7 Å². The molecule has 0 atom stereocenters. The molecule has 0 aliphatic rings. The quantitative estimate of drug-likeness (QED) is 0.760. The van der Waals surface area contributed by atoms with Gasteiger partial charge in [0.1, 0.15) is 0 Å². The molecule has 0 aromatic heterocycles. The van der Waals surface area contributed by atoms with Crippen LogP contribution in [0.2, 0.25) is 0 Å². The number of hydrogen-bond donors (Lipinski definition) is 0. The van der Waals surface area contributed by atoms with Gasteiger partial charge in [0.2, 0.25) is 11.5 Å². The average Bonchev–Trinajstić information content (AvgIpc) is 2.65. The molecule has 0 saturated carbocycles. The summed E-state index contributed by atoms with van der Waals surface area (Å²) < 4.78 is 32.8. The molecular formula is C19H24O6. The highest BCUT2D eigenvalue weighted by atomic mass is 16.5. The fraction of sp³-hybridized carbons (Fsp3) is 0.368. The van der Waals surface area contributed by atoms with E-state index in [1.165, 1.54) is 0 Å². The molecule has 6 heteroatoms. The molecule has 2 aromatic carbocycles. The normalized spacial score (nSPS) is 10.2. The minimum atomic E-state index is 0.527. The molecule has 0 unspecified atom stereocenters. The van der Waals surface area contributed by atoms with Gasteiger partial charge in [-0.15, -0.1) is 0 Å². The highest BCUT2D eigenvalue weighted by molar-refractivity contribution is 5.82. The van der Waals surface area contributed by atoms with E-state index in [9.17, 15) is 0 Å². The third-order valence-corrected chi connectivity index (χ3v) is 3.98. The Kier molecular flexibility index (Phi) is 5.85. The molecular weight excluding hydrogens is 324 g/mol. The van der Waals surface area contributed by atoms with Crippen molar-refractivity contribution < 1.29 is 28.4 Å². The molecule has 0 fully saturated rings. The van der Waals surface area contributed by atoms with Crippen LogP contribution in [0.1, 0.15) is 5.56 Å². The zero-order valence-corrected chi connectivity index (χ0v) is 15.7. The van der Waals surface area contributed by atoms with Gasteiger partial charge < -0.3 is 28.4 Å². The van der Waals surface area contributed by atoms with Gasteiger partial charge in [-0.2, -0.15) is 0 Å². The summed E-state index contributed by atoms with van der Waals surface area (Å²) in [6.07, 6.45) is 0. The van der Waals surface area contributed by atoms with Crippen molar-refractivity contribution >= 4 is 0 Å². The fourth-order valence-electron chi connectivity index (χ4n) is 2.86. The second-order valence-electron chi connectivity index (χ2n) is 5.25. The molecule has 6 nitrogen and oxygen atoms in total. The van der Waals surface area contributed by atoms with Crippen molar-refractivity contribution in [1.82, 2.24) is 0 Å². The second kappa shape index (κ2) is 7.88. The van der Waals surface area contributed by atoms with Crippen LogP contribution in [0.25, 0.3) is 11.1 Å². The fourth-order valence-corrected chi connectivity index (χ4v) is 2.86. The molecule has 0 amide bonds. The molecule has 0 aliphatic carbocycles. The summed E-state index contributed by atoms with van der Waals surface area (Å²) in [5.74, 6) is 3.37. The van der Waals surface area contributed by atoms with Crippen molar-refractivity contribution in [3.05, 3.63) is 23.8 Å². The summed E-state index contributed by atoms with van der Waals surface area (Å²) in [4.78, 5) is 0. The van der Waals surface area contributed by atoms with Gasteiger partial charge >= 0.3 is 0 Å². The van der Waals surface area contributed by atoms with E-state index < -0.39 is 0 Å². The molecule has 2 aromatic rings. The zero-order chi connectivity index (χ0) is 18.6. The number of benzene rings is 2. The Labute approximate surface area is 148 Å². The molecule has 25 heavy (non-hydrogen) atoms. The van der Waals surface area contributed by atoms with Crippen molar-refractivity contribution in [1.29, 1.82) is 0 Å². The molecule has 136 valence electrons. The maximum Gasteiger partial charge on any atom is 0.203 e. The summed E-state index contributed by atoms with van der Waals surface area (Å²) in [6, 6.07) is 5.65. The van der Waals surface area contributed by atoms with Crippen molar-refractivity contribution in [3.8, 4) is 45.6 Å². The van der Waals surface area contributed by atoms with Gasteiger partial charge in [0.15, 0.2) is 23.0 Å². The van der Waals surface area contributed by atoms with E-state index in [0.717, 1.165) is 16.7 Å². The summed E-state index contributed by atoms with van der Waals surface area (Å²) in [6.45, 7) is 1.98. The van der Waals surface area contributed by atoms with Crippen LogP contribution in [0.4, 0.5) is 0 Å². The molecule has 2 rings (SSSR count). The van der Waals surface area contributed by atoms with Crippen LogP contribution < -0.4 is 28.4 Å². The van der Waals surface area contributed by atoms with E-state index in [1.807, 2.05) is 25.1 Å². The van der Waals surface area contributed by atoms with Gasteiger partial charge in [0, 0.05) is 5.56 Å². The van der Waals surface area contributed by atoms with Gasteiger partial charge in [-0.1, -0.05) is 0 Å². The second-order valence-corrected chi connectivity index (χ2v) is 5.25. The number of aryl methyl sites for hydroxylation is 1. The summed E-state index contributed by atoms with van der Waals surface area (Å²) >= 11 is 0. The number of methoxy groups -OCH3 is 6. The number of rotatable bonds is 7. The molecule has 0 aliphatic heterocycles. The minimum absolute atomic E-state index is 0.527. The first kappa shape index (κ1) is 18.6. The summed E-state index contributed by atoms with van der Waals surface area (Å²) in [5, 5.41) is 0. The Morgan fingerprint density at radius 3 is 1.36 bits per heavy atom. The number of hydrogen-bond acceptors (Lipinski definition) is 6. The van der Waals surface area contributed by atoms with Crippen LogP contribution in [0.3, 0.4) is 0 Å². The van der Waals surface area contributed by atoms with Crippen molar-refractivity contribution in [2.45, 2.75) is 6.92 Å². The summed E-state index contributed by atoms with van der Waals surface area (Å²) in [5.41, 5.74) is 2.67. The van der Waals surface area contributed by atoms with Gasteiger partial charge in [-0.25, -0.2) is 0 Å². The van der Waals surface area contributed by atoms with E-state index in [1.54, 1.807) is 42.7 Å². The Morgan fingerprint density at radius 1 is 0.520 bits per heavy atom. The predicted octanol–water partition coefficient (Wildman–Crippen LogP) is 3.71. The Balaban J connectivity index is 2.82. The van der Waals surface area contributed by atoms with Crippen LogP contribution in [0.15, 0.2) is 18.2 Å². The monoisotopic (exact) mass is 348 g/mol. The van der Waals surface area contributed by atoms with E-state index in [2.05, 4.69) is 0 Å². The van der Waals surface area contributed by atoms with Gasteiger partial charge in [-0.05, 0) is 36.2 Å². The van der Waals surface area contributed by atoms with Crippen LogP contribution in [0, 0.1) is 6.92 Å². The van der Waals surface area contributed by atoms with Crippen LogP contribution in [-0.4, -0.2) is 42.7 Å². The highest BCUT2D eigenvalue weighted by Gasteiger charge is 2.22. The standard InChI is InChI=1S/C19H24O6/c1-11-8-13(20-2)18(24-6)19(25-7)16(11)12-9-14(21-3)17(23-5)15(10-12)22-4/h8-10H,1-7H3. The molecule has 0 N–H and O–H groups in total. The predicted molar refractivity (Wildman–Crippen MR) is 95.9 cm³/mol. The average molecular weight is 348 g/mol. The maximum atomic E-state index is 5.63. The highest BCUT2D eigenvalue weighted by Crippen LogP contribution is 2.49. The lowest BCUT2D eigenvalue weighted by molar-refractivity contribution is 0.323. The van der Waals surface area contributed by atoms with E-state index in [0.29, 0.717) is 34.5 Å². The van der Waals surface area contributed by atoms with Crippen LogP contribution in [-0.2, 0) is 0 Å². The summed E-state index contributed by atoms with van der Waals surface area (Å²) in [7, 11) is 9.50.